The highest BCUT2D eigenvalue weighted by atomic mass is 35.5. The lowest BCUT2D eigenvalue weighted by Crippen LogP contribution is -2.49. The van der Waals surface area contributed by atoms with E-state index in [1.165, 1.54) is 0 Å². The molecule has 0 radical (unpaired) electrons. The zero-order valence-electron chi connectivity index (χ0n) is 15.5. The summed E-state index contributed by atoms with van der Waals surface area (Å²) in [5, 5.41) is 6.24. The maximum atomic E-state index is 13.0. The Morgan fingerprint density at radius 3 is 2.67 bits per heavy atom. The molecule has 1 unspecified atom stereocenters. The maximum absolute atomic E-state index is 13.0. The number of carbonyl (C=O) groups excluding carboxylic acids is 2. The Morgan fingerprint density at radius 2 is 1.89 bits per heavy atom. The molecule has 3 aliphatic rings. The number of hydrogen-bond donors (Lipinski definition) is 2. The van der Waals surface area contributed by atoms with E-state index >= 15 is 0 Å². The second kappa shape index (κ2) is 8.91. The molecule has 1 aromatic rings. The van der Waals surface area contributed by atoms with E-state index in [1.54, 1.807) is 4.90 Å². The van der Waals surface area contributed by atoms with Crippen molar-refractivity contribution < 1.29 is 9.59 Å². The van der Waals surface area contributed by atoms with Crippen molar-refractivity contribution in [1.82, 2.24) is 20.4 Å². The molecule has 3 heterocycles. The minimum absolute atomic E-state index is 0. The standard InChI is InChI=1S/C19H27N5O2.ClH/c25-18(23-10-5-17(14-23)22-11-7-20-8-12-22)15-3-1-4-16(13-15)24-9-2-6-21-19(24)26;/h1,3-4,13,17,20H,2,5-12,14H2,(H,21,26);1H. The predicted octanol–water partition coefficient (Wildman–Crippen LogP) is 1.15. The predicted molar refractivity (Wildman–Crippen MR) is 108 cm³/mol. The van der Waals surface area contributed by atoms with Gasteiger partial charge < -0.3 is 15.5 Å². The highest BCUT2D eigenvalue weighted by molar-refractivity contribution is 5.98. The Labute approximate surface area is 166 Å². The fraction of sp³-hybridized carbons (Fsp3) is 0.579. The summed E-state index contributed by atoms with van der Waals surface area (Å²) < 4.78 is 0. The summed E-state index contributed by atoms with van der Waals surface area (Å²) in [4.78, 5) is 31.2. The van der Waals surface area contributed by atoms with Crippen molar-refractivity contribution in [3.8, 4) is 0 Å². The van der Waals surface area contributed by atoms with Crippen LogP contribution in [0.25, 0.3) is 0 Å². The van der Waals surface area contributed by atoms with Crippen LogP contribution in [0.2, 0.25) is 0 Å². The molecule has 3 fully saturated rings. The van der Waals surface area contributed by atoms with Crippen LogP contribution in [0.5, 0.6) is 0 Å². The fourth-order valence-corrected chi connectivity index (χ4v) is 4.14. The van der Waals surface area contributed by atoms with Crippen LogP contribution in [0.15, 0.2) is 24.3 Å². The van der Waals surface area contributed by atoms with Crippen molar-refractivity contribution in [1.29, 1.82) is 0 Å². The van der Waals surface area contributed by atoms with Crippen LogP contribution in [-0.4, -0.2) is 80.1 Å². The van der Waals surface area contributed by atoms with Gasteiger partial charge in [-0.05, 0) is 31.0 Å². The molecular formula is C19H28ClN5O2. The molecule has 0 aromatic heterocycles. The van der Waals surface area contributed by atoms with Gasteiger partial charge in [0.05, 0.1) is 0 Å². The average molecular weight is 394 g/mol. The first-order valence-corrected chi connectivity index (χ1v) is 9.62. The molecule has 4 rings (SSSR count). The third-order valence-corrected chi connectivity index (χ3v) is 5.60. The quantitative estimate of drug-likeness (QED) is 0.808. The zero-order chi connectivity index (χ0) is 17.9. The van der Waals surface area contributed by atoms with Gasteiger partial charge in [-0.25, -0.2) is 4.79 Å². The molecule has 2 N–H and O–H groups in total. The van der Waals surface area contributed by atoms with Gasteiger partial charge in [-0.15, -0.1) is 12.4 Å². The van der Waals surface area contributed by atoms with Crippen LogP contribution in [0.4, 0.5) is 10.5 Å². The highest BCUT2D eigenvalue weighted by Gasteiger charge is 2.31. The number of piperazine rings is 1. The topological polar surface area (TPSA) is 67.9 Å². The molecule has 3 aliphatic heterocycles. The molecule has 1 atom stereocenters. The molecular weight excluding hydrogens is 366 g/mol. The number of amides is 3. The summed E-state index contributed by atoms with van der Waals surface area (Å²) >= 11 is 0. The Kier molecular flexibility index (Phi) is 6.57. The number of halogens is 1. The second-order valence-electron chi connectivity index (χ2n) is 7.27. The number of likely N-dealkylation sites (tertiary alicyclic amines) is 1. The summed E-state index contributed by atoms with van der Waals surface area (Å²) in [5.41, 5.74) is 1.47. The van der Waals surface area contributed by atoms with Crippen LogP contribution in [0, 0.1) is 0 Å². The third-order valence-electron chi connectivity index (χ3n) is 5.60. The molecule has 0 saturated carbocycles. The van der Waals surface area contributed by atoms with Crippen LogP contribution in [0.3, 0.4) is 0 Å². The van der Waals surface area contributed by atoms with Crippen molar-refractivity contribution in [2.75, 3.05) is 57.3 Å². The van der Waals surface area contributed by atoms with E-state index in [-0.39, 0.29) is 24.3 Å². The number of carbonyl (C=O) groups is 2. The Hall–Kier alpha value is -1.83. The molecule has 8 heteroatoms. The molecule has 0 aliphatic carbocycles. The third kappa shape index (κ3) is 4.36. The summed E-state index contributed by atoms with van der Waals surface area (Å²) in [5.74, 6) is 0.0712. The van der Waals surface area contributed by atoms with Gasteiger partial charge in [-0.2, -0.15) is 0 Å². The first-order valence-electron chi connectivity index (χ1n) is 9.62. The number of rotatable bonds is 3. The summed E-state index contributed by atoms with van der Waals surface area (Å²) in [6.45, 7) is 7.20. The Morgan fingerprint density at radius 1 is 1.07 bits per heavy atom. The summed E-state index contributed by atoms with van der Waals surface area (Å²) in [6, 6.07) is 7.86. The lowest BCUT2D eigenvalue weighted by molar-refractivity contribution is 0.0773. The van der Waals surface area contributed by atoms with Crippen molar-refractivity contribution in [2.24, 2.45) is 0 Å². The van der Waals surface area contributed by atoms with Crippen molar-refractivity contribution in [3.05, 3.63) is 29.8 Å². The van der Waals surface area contributed by atoms with Crippen LogP contribution >= 0.6 is 12.4 Å². The maximum Gasteiger partial charge on any atom is 0.321 e. The van der Waals surface area contributed by atoms with Gasteiger partial charge in [0.1, 0.15) is 0 Å². The molecule has 1 aromatic carbocycles. The monoisotopic (exact) mass is 393 g/mol. The lowest BCUT2D eigenvalue weighted by Gasteiger charge is -2.32. The normalized spacial score (nSPS) is 23.7. The number of urea groups is 1. The van der Waals surface area contributed by atoms with E-state index in [2.05, 4.69) is 15.5 Å². The van der Waals surface area contributed by atoms with E-state index in [0.29, 0.717) is 18.2 Å². The van der Waals surface area contributed by atoms with E-state index < -0.39 is 0 Å². The molecule has 7 nitrogen and oxygen atoms in total. The van der Waals surface area contributed by atoms with Gasteiger partial charge in [0.2, 0.25) is 0 Å². The van der Waals surface area contributed by atoms with E-state index in [1.807, 2.05) is 29.2 Å². The minimum Gasteiger partial charge on any atom is -0.338 e. The lowest BCUT2D eigenvalue weighted by atomic mass is 10.1. The van der Waals surface area contributed by atoms with Crippen LogP contribution in [0.1, 0.15) is 23.2 Å². The second-order valence-corrected chi connectivity index (χ2v) is 7.27. The highest BCUT2D eigenvalue weighted by Crippen LogP contribution is 2.22. The molecule has 3 saturated heterocycles. The number of anilines is 1. The molecule has 0 bridgehead atoms. The van der Waals surface area contributed by atoms with Gasteiger partial charge in [0.25, 0.3) is 5.91 Å². The number of nitrogens with one attached hydrogen (secondary N) is 2. The van der Waals surface area contributed by atoms with Crippen molar-refractivity contribution >= 4 is 30.0 Å². The van der Waals surface area contributed by atoms with Gasteiger partial charge in [0, 0.05) is 69.7 Å². The van der Waals surface area contributed by atoms with Gasteiger partial charge >= 0.3 is 6.03 Å². The number of nitrogens with zero attached hydrogens (tertiary/aromatic N) is 3. The Balaban J connectivity index is 0.00000210. The Bertz CT molecular complexity index is 680. The van der Waals surface area contributed by atoms with Gasteiger partial charge in [-0.1, -0.05) is 6.07 Å². The SMILES string of the molecule is Cl.O=C(c1cccc(N2CCCNC2=O)c1)N1CCC(N2CCNCC2)C1. The van der Waals surface area contributed by atoms with E-state index in [9.17, 15) is 9.59 Å². The van der Waals surface area contributed by atoms with Gasteiger partial charge in [0.15, 0.2) is 0 Å². The van der Waals surface area contributed by atoms with Crippen LogP contribution in [-0.2, 0) is 0 Å². The summed E-state index contributed by atoms with van der Waals surface area (Å²) in [6.07, 6.45) is 1.96. The number of hydrogen-bond acceptors (Lipinski definition) is 4. The minimum atomic E-state index is -0.0826. The molecule has 27 heavy (non-hydrogen) atoms. The van der Waals surface area contributed by atoms with E-state index in [4.69, 9.17) is 0 Å². The van der Waals surface area contributed by atoms with Gasteiger partial charge in [-0.3, -0.25) is 14.6 Å². The smallest absolute Gasteiger partial charge is 0.321 e. The average Bonchev–Trinajstić information content (AvgIpc) is 3.19. The fourth-order valence-electron chi connectivity index (χ4n) is 4.14. The van der Waals surface area contributed by atoms with Crippen LogP contribution < -0.4 is 15.5 Å². The van der Waals surface area contributed by atoms with Crippen molar-refractivity contribution in [2.45, 2.75) is 18.9 Å². The first kappa shape index (κ1) is 19.9. The molecule has 3 amide bonds. The first-order chi connectivity index (χ1) is 12.7. The molecule has 0 spiro atoms. The van der Waals surface area contributed by atoms with Crippen molar-refractivity contribution in [3.63, 3.8) is 0 Å². The van der Waals surface area contributed by atoms with E-state index in [0.717, 1.165) is 64.3 Å². The largest absolute Gasteiger partial charge is 0.338 e. The zero-order valence-corrected chi connectivity index (χ0v) is 16.3. The summed E-state index contributed by atoms with van der Waals surface area (Å²) in [7, 11) is 0. The number of benzene rings is 1. The molecule has 148 valence electrons.